The summed E-state index contributed by atoms with van der Waals surface area (Å²) in [6, 6.07) is 7.13. The predicted octanol–water partition coefficient (Wildman–Crippen LogP) is 1.82. The molecule has 0 aliphatic rings. The van der Waals surface area contributed by atoms with Gasteiger partial charge in [-0.3, -0.25) is 4.90 Å². The summed E-state index contributed by atoms with van der Waals surface area (Å²) in [5, 5.41) is 2.80. The van der Waals surface area contributed by atoms with Gasteiger partial charge in [-0.15, -0.1) is 0 Å². The van der Waals surface area contributed by atoms with E-state index in [-0.39, 0.29) is 6.03 Å². The van der Waals surface area contributed by atoms with Crippen molar-refractivity contribution in [3.8, 4) is 0 Å². The lowest BCUT2D eigenvalue weighted by molar-refractivity contribution is 0.247. The van der Waals surface area contributed by atoms with Crippen LogP contribution >= 0.6 is 0 Å². The SMILES string of the molecule is CCCNC(=O)N(C)c1cccc(N)c1. The molecular formula is C11H17N3O. The maximum absolute atomic E-state index is 11.6. The van der Waals surface area contributed by atoms with E-state index in [2.05, 4.69) is 5.32 Å². The lowest BCUT2D eigenvalue weighted by Gasteiger charge is -2.18. The number of hydrogen-bond donors (Lipinski definition) is 2. The fraction of sp³-hybridized carbons (Fsp3) is 0.364. The average molecular weight is 207 g/mol. The Balaban J connectivity index is 2.67. The Morgan fingerprint density at radius 2 is 2.27 bits per heavy atom. The highest BCUT2D eigenvalue weighted by Gasteiger charge is 2.09. The molecule has 0 saturated carbocycles. The molecule has 1 aromatic rings. The fourth-order valence-corrected chi connectivity index (χ4v) is 1.20. The Hall–Kier alpha value is -1.71. The highest BCUT2D eigenvalue weighted by Crippen LogP contribution is 2.15. The van der Waals surface area contributed by atoms with Crippen molar-refractivity contribution in [2.24, 2.45) is 0 Å². The van der Waals surface area contributed by atoms with E-state index in [4.69, 9.17) is 5.73 Å². The molecule has 0 saturated heterocycles. The minimum Gasteiger partial charge on any atom is -0.399 e. The van der Waals surface area contributed by atoms with Crippen molar-refractivity contribution in [1.82, 2.24) is 5.32 Å². The monoisotopic (exact) mass is 207 g/mol. The minimum absolute atomic E-state index is 0.109. The number of nitrogen functional groups attached to an aromatic ring is 1. The molecule has 0 atom stereocenters. The third-order valence-electron chi connectivity index (χ3n) is 2.09. The maximum Gasteiger partial charge on any atom is 0.321 e. The summed E-state index contributed by atoms with van der Waals surface area (Å²) in [5.41, 5.74) is 7.09. The van der Waals surface area contributed by atoms with Crippen molar-refractivity contribution in [2.75, 3.05) is 24.2 Å². The second-order valence-electron chi connectivity index (χ2n) is 3.39. The molecule has 1 aromatic carbocycles. The summed E-state index contributed by atoms with van der Waals surface area (Å²) in [4.78, 5) is 13.1. The van der Waals surface area contributed by atoms with Crippen molar-refractivity contribution < 1.29 is 4.79 Å². The van der Waals surface area contributed by atoms with Gasteiger partial charge in [0.2, 0.25) is 0 Å². The molecule has 4 nitrogen and oxygen atoms in total. The topological polar surface area (TPSA) is 58.4 Å². The van der Waals surface area contributed by atoms with Gasteiger partial charge in [0.25, 0.3) is 0 Å². The molecule has 82 valence electrons. The van der Waals surface area contributed by atoms with Crippen molar-refractivity contribution in [1.29, 1.82) is 0 Å². The Morgan fingerprint density at radius 1 is 1.53 bits per heavy atom. The zero-order valence-corrected chi connectivity index (χ0v) is 9.16. The molecule has 0 radical (unpaired) electrons. The highest BCUT2D eigenvalue weighted by atomic mass is 16.2. The van der Waals surface area contributed by atoms with Crippen LogP contribution in [-0.4, -0.2) is 19.6 Å². The molecule has 3 N–H and O–H groups in total. The number of nitrogens with one attached hydrogen (secondary N) is 1. The van der Waals surface area contributed by atoms with Crippen LogP contribution in [0.4, 0.5) is 16.2 Å². The molecule has 2 amide bonds. The number of carbonyl (C=O) groups excluding carboxylic acids is 1. The van der Waals surface area contributed by atoms with Crippen molar-refractivity contribution in [3.05, 3.63) is 24.3 Å². The number of nitrogens with zero attached hydrogens (tertiary/aromatic N) is 1. The molecule has 0 unspecified atom stereocenters. The van der Waals surface area contributed by atoms with E-state index in [1.807, 2.05) is 19.1 Å². The third-order valence-corrected chi connectivity index (χ3v) is 2.09. The molecule has 0 fully saturated rings. The van der Waals surface area contributed by atoms with Crippen LogP contribution in [0.1, 0.15) is 13.3 Å². The van der Waals surface area contributed by atoms with Crippen LogP contribution in [0.2, 0.25) is 0 Å². The van der Waals surface area contributed by atoms with Crippen LogP contribution < -0.4 is 16.0 Å². The van der Waals surface area contributed by atoms with Gasteiger partial charge in [-0.25, -0.2) is 4.79 Å². The first kappa shape index (κ1) is 11.4. The molecule has 4 heteroatoms. The number of amides is 2. The first-order valence-electron chi connectivity index (χ1n) is 5.02. The van der Waals surface area contributed by atoms with Crippen LogP contribution in [0, 0.1) is 0 Å². The smallest absolute Gasteiger partial charge is 0.321 e. The van der Waals surface area contributed by atoms with Gasteiger partial charge in [0.15, 0.2) is 0 Å². The van der Waals surface area contributed by atoms with Gasteiger partial charge in [0.1, 0.15) is 0 Å². The number of nitrogens with two attached hydrogens (primary N) is 1. The zero-order valence-electron chi connectivity index (χ0n) is 9.16. The van der Waals surface area contributed by atoms with Crippen LogP contribution in [0.25, 0.3) is 0 Å². The summed E-state index contributed by atoms with van der Waals surface area (Å²) in [5.74, 6) is 0. The van der Waals surface area contributed by atoms with Crippen LogP contribution in [-0.2, 0) is 0 Å². The largest absolute Gasteiger partial charge is 0.399 e. The molecule has 0 aromatic heterocycles. The number of carbonyl (C=O) groups is 1. The molecule has 0 bridgehead atoms. The van der Waals surface area contributed by atoms with E-state index in [0.717, 1.165) is 12.1 Å². The van der Waals surface area contributed by atoms with Crippen LogP contribution in [0.3, 0.4) is 0 Å². The van der Waals surface area contributed by atoms with Gasteiger partial charge in [-0.2, -0.15) is 0 Å². The van der Waals surface area contributed by atoms with Gasteiger partial charge in [0.05, 0.1) is 0 Å². The number of rotatable bonds is 3. The third kappa shape index (κ3) is 3.16. The summed E-state index contributed by atoms with van der Waals surface area (Å²) < 4.78 is 0. The van der Waals surface area contributed by atoms with Gasteiger partial charge >= 0.3 is 6.03 Å². The number of benzene rings is 1. The minimum atomic E-state index is -0.109. The van der Waals surface area contributed by atoms with E-state index < -0.39 is 0 Å². The average Bonchev–Trinajstić information content (AvgIpc) is 2.24. The molecule has 15 heavy (non-hydrogen) atoms. The zero-order chi connectivity index (χ0) is 11.3. The second-order valence-corrected chi connectivity index (χ2v) is 3.39. The molecule has 1 rings (SSSR count). The molecule has 0 spiro atoms. The standard InChI is InChI=1S/C11H17N3O/c1-3-7-13-11(15)14(2)10-6-4-5-9(12)8-10/h4-6,8H,3,7,12H2,1-2H3,(H,13,15). The summed E-state index contributed by atoms with van der Waals surface area (Å²) >= 11 is 0. The number of urea groups is 1. The Kier molecular flexibility index (Phi) is 3.97. The molecule has 0 heterocycles. The molecule has 0 aliphatic heterocycles. The van der Waals surface area contributed by atoms with E-state index in [1.54, 1.807) is 24.1 Å². The first-order valence-corrected chi connectivity index (χ1v) is 5.02. The van der Waals surface area contributed by atoms with Crippen molar-refractivity contribution in [3.63, 3.8) is 0 Å². The van der Waals surface area contributed by atoms with Gasteiger partial charge in [0, 0.05) is 25.0 Å². The van der Waals surface area contributed by atoms with Gasteiger partial charge in [-0.05, 0) is 24.6 Å². The summed E-state index contributed by atoms with van der Waals surface area (Å²) in [6.07, 6.45) is 0.927. The predicted molar refractivity (Wildman–Crippen MR) is 62.9 cm³/mol. The summed E-state index contributed by atoms with van der Waals surface area (Å²) in [6.45, 7) is 2.70. The number of hydrogen-bond acceptors (Lipinski definition) is 2. The highest BCUT2D eigenvalue weighted by molar-refractivity contribution is 5.91. The maximum atomic E-state index is 11.6. The lowest BCUT2D eigenvalue weighted by Crippen LogP contribution is -2.37. The first-order chi connectivity index (χ1) is 7.15. The van der Waals surface area contributed by atoms with E-state index >= 15 is 0 Å². The molecule has 0 aliphatic carbocycles. The van der Waals surface area contributed by atoms with Gasteiger partial charge in [-0.1, -0.05) is 13.0 Å². The van der Waals surface area contributed by atoms with Gasteiger partial charge < -0.3 is 11.1 Å². The molecular weight excluding hydrogens is 190 g/mol. The quantitative estimate of drug-likeness (QED) is 0.743. The van der Waals surface area contributed by atoms with Crippen LogP contribution in [0.15, 0.2) is 24.3 Å². The fourth-order valence-electron chi connectivity index (χ4n) is 1.20. The van der Waals surface area contributed by atoms with Crippen molar-refractivity contribution in [2.45, 2.75) is 13.3 Å². The second kappa shape index (κ2) is 5.24. The van der Waals surface area contributed by atoms with Crippen LogP contribution in [0.5, 0.6) is 0 Å². The van der Waals surface area contributed by atoms with E-state index in [1.165, 1.54) is 0 Å². The summed E-state index contributed by atoms with van der Waals surface area (Å²) in [7, 11) is 1.72. The van der Waals surface area contributed by atoms with Crippen molar-refractivity contribution >= 4 is 17.4 Å². The normalized spacial score (nSPS) is 9.73. The Bertz CT molecular complexity index is 338. The number of anilines is 2. The van der Waals surface area contributed by atoms with E-state index in [0.29, 0.717) is 12.2 Å². The Labute approximate surface area is 90.1 Å². The Morgan fingerprint density at radius 3 is 2.87 bits per heavy atom. The lowest BCUT2D eigenvalue weighted by atomic mass is 10.2. The van der Waals surface area contributed by atoms with E-state index in [9.17, 15) is 4.79 Å².